The van der Waals surface area contributed by atoms with Gasteiger partial charge in [-0.2, -0.15) is 0 Å². The van der Waals surface area contributed by atoms with Crippen molar-refractivity contribution < 1.29 is 0 Å². The first kappa shape index (κ1) is 12.1. The van der Waals surface area contributed by atoms with Crippen LogP contribution in [0.3, 0.4) is 0 Å². The normalized spacial score (nSPS) is 12.5. The maximum atomic E-state index is 5.58. The summed E-state index contributed by atoms with van der Waals surface area (Å²) in [6.07, 6.45) is 2.21. The highest BCUT2D eigenvalue weighted by Crippen LogP contribution is 2.15. The fraction of sp³-hybridized carbons (Fsp3) is 0.538. The van der Waals surface area contributed by atoms with Crippen LogP contribution in [0.15, 0.2) is 24.3 Å². The highest BCUT2D eigenvalue weighted by molar-refractivity contribution is 5.50. The molecule has 84 valence electrons. The van der Waals surface area contributed by atoms with E-state index >= 15 is 0 Å². The van der Waals surface area contributed by atoms with Crippen LogP contribution in [0.1, 0.15) is 25.8 Å². The fourth-order valence-corrected chi connectivity index (χ4v) is 1.57. The Bertz CT molecular complexity index is 284. The first-order chi connectivity index (χ1) is 7.27. The lowest BCUT2D eigenvalue weighted by Gasteiger charge is -2.12. The van der Waals surface area contributed by atoms with Gasteiger partial charge < -0.3 is 11.1 Å². The van der Waals surface area contributed by atoms with Crippen molar-refractivity contribution in [1.82, 2.24) is 0 Å². The van der Waals surface area contributed by atoms with E-state index in [-0.39, 0.29) is 0 Å². The molecule has 2 heteroatoms. The van der Waals surface area contributed by atoms with Crippen molar-refractivity contribution in [3.63, 3.8) is 0 Å². The highest BCUT2D eigenvalue weighted by atomic mass is 14.9. The third-order valence-electron chi connectivity index (χ3n) is 2.75. The van der Waals surface area contributed by atoms with Gasteiger partial charge in [0.25, 0.3) is 0 Å². The van der Waals surface area contributed by atoms with E-state index in [1.807, 2.05) is 0 Å². The summed E-state index contributed by atoms with van der Waals surface area (Å²) in [5, 5.41) is 3.47. The molecule has 0 heterocycles. The van der Waals surface area contributed by atoms with Crippen LogP contribution >= 0.6 is 0 Å². The van der Waals surface area contributed by atoms with Gasteiger partial charge in [0.1, 0.15) is 0 Å². The van der Waals surface area contributed by atoms with E-state index < -0.39 is 0 Å². The number of hydrogen-bond donors (Lipinski definition) is 2. The number of hydrogen-bond acceptors (Lipinski definition) is 2. The molecule has 2 nitrogen and oxygen atoms in total. The second-order valence-corrected chi connectivity index (χ2v) is 4.07. The van der Waals surface area contributed by atoms with Crippen molar-refractivity contribution in [1.29, 1.82) is 0 Å². The van der Waals surface area contributed by atoms with Crippen molar-refractivity contribution in [2.75, 3.05) is 18.4 Å². The molecule has 1 atom stereocenters. The molecule has 15 heavy (non-hydrogen) atoms. The fourth-order valence-electron chi connectivity index (χ4n) is 1.57. The summed E-state index contributed by atoms with van der Waals surface area (Å²) in [7, 11) is 0. The minimum atomic E-state index is 0.603. The zero-order chi connectivity index (χ0) is 11.1. The Morgan fingerprint density at radius 1 is 1.33 bits per heavy atom. The summed E-state index contributed by atoms with van der Waals surface area (Å²) in [6, 6.07) is 8.49. The Kier molecular flexibility index (Phi) is 5.19. The van der Waals surface area contributed by atoms with E-state index in [4.69, 9.17) is 5.73 Å². The van der Waals surface area contributed by atoms with Crippen molar-refractivity contribution in [3.8, 4) is 0 Å². The van der Waals surface area contributed by atoms with Crippen molar-refractivity contribution in [3.05, 3.63) is 29.8 Å². The van der Waals surface area contributed by atoms with Gasteiger partial charge in [-0.3, -0.25) is 0 Å². The molecule has 0 saturated heterocycles. The second-order valence-electron chi connectivity index (χ2n) is 4.07. The van der Waals surface area contributed by atoms with Crippen LogP contribution in [-0.2, 0) is 6.42 Å². The van der Waals surface area contributed by atoms with Crippen molar-refractivity contribution in [2.45, 2.75) is 26.7 Å². The molecule has 0 aliphatic heterocycles. The lowest BCUT2D eigenvalue weighted by Crippen LogP contribution is -2.15. The standard InChI is InChI=1S/C13H22N2/c1-3-12-6-4-5-7-13(12)15-9-8-11(2)10-14/h4-7,11,15H,3,8-10,14H2,1-2H3. The third-order valence-corrected chi connectivity index (χ3v) is 2.75. The SMILES string of the molecule is CCc1ccccc1NCCC(C)CN. The van der Waals surface area contributed by atoms with Gasteiger partial charge in [0.05, 0.1) is 0 Å². The van der Waals surface area contributed by atoms with Gasteiger partial charge >= 0.3 is 0 Å². The van der Waals surface area contributed by atoms with Gasteiger partial charge in [0.15, 0.2) is 0 Å². The Morgan fingerprint density at radius 2 is 2.07 bits per heavy atom. The lowest BCUT2D eigenvalue weighted by molar-refractivity contribution is 0.561. The molecule has 0 fully saturated rings. The van der Waals surface area contributed by atoms with Gasteiger partial charge in [0, 0.05) is 12.2 Å². The average Bonchev–Trinajstić information content (AvgIpc) is 2.29. The molecule has 0 aromatic heterocycles. The molecule has 0 spiro atoms. The van der Waals surface area contributed by atoms with E-state index in [9.17, 15) is 0 Å². The monoisotopic (exact) mass is 206 g/mol. The molecule has 1 rings (SSSR count). The van der Waals surface area contributed by atoms with Crippen LogP contribution in [0.2, 0.25) is 0 Å². The minimum Gasteiger partial charge on any atom is -0.385 e. The molecule has 3 N–H and O–H groups in total. The Morgan fingerprint density at radius 3 is 2.73 bits per heavy atom. The lowest BCUT2D eigenvalue weighted by atomic mass is 10.1. The zero-order valence-electron chi connectivity index (χ0n) is 9.79. The molecule has 0 aliphatic carbocycles. The Hall–Kier alpha value is -1.02. The smallest absolute Gasteiger partial charge is 0.0372 e. The quantitative estimate of drug-likeness (QED) is 0.751. The number of nitrogens with one attached hydrogen (secondary N) is 1. The molecular weight excluding hydrogens is 184 g/mol. The molecular formula is C13H22N2. The van der Waals surface area contributed by atoms with E-state index in [1.165, 1.54) is 11.3 Å². The molecule has 1 aromatic carbocycles. The van der Waals surface area contributed by atoms with Crippen LogP contribution in [0.5, 0.6) is 0 Å². The molecule has 0 radical (unpaired) electrons. The first-order valence-corrected chi connectivity index (χ1v) is 5.79. The zero-order valence-corrected chi connectivity index (χ0v) is 9.79. The van der Waals surface area contributed by atoms with Crippen molar-refractivity contribution in [2.24, 2.45) is 11.7 Å². The number of nitrogens with two attached hydrogens (primary N) is 1. The minimum absolute atomic E-state index is 0.603. The van der Waals surface area contributed by atoms with Crippen LogP contribution < -0.4 is 11.1 Å². The van der Waals surface area contributed by atoms with Gasteiger partial charge in [-0.15, -0.1) is 0 Å². The van der Waals surface area contributed by atoms with E-state index in [0.29, 0.717) is 5.92 Å². The largest absolute Gasteiger partial charge is 0.385 e. The maximum absolute atomic E-state index is 5.58. The molecule has 1 aromatic rings. The molecule has 0 bridgehead atoms. The van der Waals surface area contributed by atoms with Crippen LogP contribution in [0.25, 0.3) is 0 Å². The van der Waals surface area contributed by atoms with E-state index in [1.54, 1.807) is 0 Å². The number of anilines is 1. The molecule has 0 amide bonds. The Balaban J connectivity index is 2.43. The summed E-state index contributed by atoms with van der Waals surface area (Å²) >= 11 is 0. The summed E-state index contributed by atoms with van der Waals surface area (Å²) in [5.74, 6) is 0.603. The summed E-state index contributed by atoms with van der Waals surface area (Å²) < 4.78 is 0. The summed E-state index contributed by atoms with van der Waals surface area (Å²) in [4.78, 5) is 0. The summed E-state index contributed by atoms with van der Waals surface area (Å²) in [5.41, 5.74) is 8.23. The predicted molar refractivity (Wildman–Crippen MR) is 67.1 cm³/mol. The van der Waals surface area contributed by atoms with Crippen LogP contribution in [0, 0.1) is 5.92 Å². The van der Waals surface area contributed by atoms with Crippen LogP contribution in [-0.4, -0.2) is 13.1 Å². The Labute approximate surface area is 92.9 Å². The summed E-state index contributed by atoms with van der Waals surface area (Å²) in [6.45, 7) is 6.16. The maximum Gasteiger partial charge on any atom is 0.0372 e. The number of aryl methyl sites for hydroxylation is 1. The van der Waals surface area contributed by atoms with Gasteiger partial charge in [-0.25, -0.2) is 0 Å². The van der Waals surface area contributed by atoms with Gasteiger partial charge in [-0.05, 0) is 36.9 Å². The highest BCUT2D eigenvalue weighted by Gasteiger charge is 2.00. The third kappa shape index (κ3) is 3.92. The van der Waals surface area contributed by atoms with Crippen LogP contribution in [0.4, 0.5) is 5.69 Å². The number of para-hydroxylation sites is 1. The topological polar surface area (TPSA) is 38.0 Å². The number of rotatable bonds is 6. The van der Waals surface area contributed by atoms with E-state index in [0.717, 1.165) is 25.9 Å². The average molecular weight is 206 g/mol. The predicted octanol–water partition coefficient (Wildman–Crippen LogP) is 2.65. The van der Waals surface area contributed by atoms with Gasteiger partial charge in [-0.1, -0.05) is 32.0 Å². The number of benzene rings is 1. The molecule has 0 saturated carbocycles. The molecule has 1 unspecified atom stereocenters. The first-order valence-electron chi connectivity index (χ1n) is 5.79. The van der Waals surface area contributed by atoms with E-state index in [2.05, 4.69) is 43.4 Å². The molecule has 0 aliphatic rings. The van der Waals surface area contributed by atoms with Crippen molar-refractivity contribution >= 4 is 5.69 Å². The van der Waals surface area contributed by atoms with Gasteiger partial charge in [0.2, 0.25) is 0 Å². The second kappa shape index (κ2) is 6.46.